The summed E-state index contributed by atoms with van der Waals surface area (Å²) < 4.78 is 5.03. The second-order valence-electron chi connectivity index (χ2n) is 3.83. The van der Waals surface area contributed by atoms with E-state index in [1.54, 1.807) is 0 Å². The maximum absolute atomic E-state index is 11.6. The van der Waals surface area contributed by atoms with E-state index in [0.717, 1.165) is 0 Å². The van der Waals surface area contributed by atoms with E-state index in [9.17, 15) is 9.59 Å². The monoisotopic (exact) mass is 272 g/mol. The van der Waals surface area contributed by atoms with Gasteiger partial charge in [0.1, 0.15) is 0 Å². The van der Waals surface area contributed by atoms with E-state index in [4.69, 9.17) is 16.3 Å². The number of rotatable bonds is 6. The van der Waals surface area contributed by atoms with Crippen LogP contribution in [0.5, 0.6) is 0 Å². The first-order valence-corrected chi connectivity index (χ1v) is 6.64. The average molecular weight is 272 g/mol. The average Bonchev–Trinajstić information content (AvgIpc) is 2.78. The second-order valence-corrected chi connectivity index (χ2v) is 4.93. The molecular weight excluding hydrogens is 256 g/mol. The molecule has 0 aromatic carbocycles. The summed E-state index contributed by atoms with van der Waals surface area (Å²) in [5.74, 6) is 2.69. The van der Waals surface area contributed by atoms with Gasteiger partial charge in [0, 0.05) is 25.3 Å². The first-order chi connectivity index (χ1) is 8.60. The van der Waals surface area contributed by atoms with Gasteiger partial charge < -0.3 is 20.5 Å². The van der Waals surface area contributed by atoms with Gasteiger partial charge in [-0.3, -0.25) is 0 Å². The molecule has 1 unspecified atom stereocenters. The minimum atomic E-state index is -1.30. The van der Waals surface area contributed by atoms with Crippen LogP contribution < -0.4 is 10.6 Å². The van der Waals surface area contributed by atoms with Crippen molar-refractivity contribution in [1.29, 1.82) is 0 Å². The number of thioether (sulfide) groups is 1. The number of hydrogen-bond acceptors (Lipinski definition) is 4. The van der Waals surface area contributed by atoms with E-state index >= 15 is 0 Å². The molecule has 0 aliphatic carbocycles. The van der Waals surface area contributed by atoms with Crippen LogP contribution in [0.4, 0.5) is 4.79 Å². The maximum Gasteiger partial charge on any atom is 0.332 e. The van der Waals surface area contributed by atoms with E-state index < -0.39 is 17.5 Å². The fraction of sp³-hybridized carbons (Fsp3) is 0.636. The van der Waals surface area contributed by atoms with Gasteiger partial charge in [0.05, 0.1) is 12.4 Å². The molecule has 7 heteroatoms. The highest BCUT2D eigenvalue weighted by molar-refractivity contribution is 7.99. The molecule has 1 aliphatic rings. The van der Waals surface area contributed by atoms with Crippen LogP contribution in [0.1, 0.15) is 6.42 Å². The Morgan fingerprint density at radius 2 is 2.33 bits per heavy atom. The van der Waals surface area contributed by atoms with E-state index in [0.29, 0.717) is 24.7 Å². The zero-order chi connectivity index (χ0) is 13.4. The number of carboxylic acid groups (broad SMARTS) is 1. The van der Waals surface area contributed by atoms with Crippen LogP contribution in [-0.2, 0) is 9.53 Å². The number of ether oxygens (including phenoxy) is 1. The van der Waals surface area contributed by atoms with Crippen LogP contribution >= 0.6 is 11.8 Å². The molecule has 1 fully saturated rings. The highest BCUT2D eigenvalue weighted by Crippen LogP contribution is 2.18. The van der Waals surface area contributed by atoms with E-state index in [2.05, 4.69) is 16.6 Å². The summed E-state index contributed by atoms with van der Waals surface area (Å²) in [4.78, 5) is 22.7. The van der Waals surface area contributed by atoms with Crippen molar-refractivity contribution in [2.24, 2.45) is 0 Å². The molecule has 1 rings (SSSR count). The van der Waals surface area contributed by atoms with Crippen LogP contribution in [0.3, 0.4) is 0 Å². The topological polar surface area (TPSA) is 87.7 Å². The molecule has 0 radical (unpaired) electrons. The van der Waals surface area contributed by atoms with Gasteiger partial charge in [0.2, 0.25) is 0 Å². The molecule has 1 aliphatic heterocycles. The van der Waals surface area contributed by atoms with Gasteiger partial charge in [-0.15, -0.1) is 18.2 Å². The lowest BCUT2D eigenvalue weighted by molar-refractivity contribution is -0.144. The fourth-order valence-electron chi connectivity index (χ4n) is 1.52. The number of amides is 2. The van der Waals surface area contributed by atoms with Gasteiger partial charge in [-0.2, -0.15) is 0 Å². The molecule has 0 saturated carbocycles. The molecule has 100 valence electrons. The molecule has 2 amide bonds. The third kappa shape index (κ3) is 4.13. The first-order valence-electron chi connectivity index (χ1n) is 5.49. The van der Waals surface area contributed by atoms with Crippen molar-refractivity contribution in [3.8, 4) is 12.3 Å². The Labute approximate surface area is 110 Å². The Hall–Kier alpha value is -1.39. The van der Waals surface area contributed by atoms with Gasteiger partial charge in [-0.25, -0.2) is 9.59 Å². The molecule has 1 atom stereocenters. The predicted octanol–water partition coefficient (Wildman–Crippen LogP) is -0.104. The SMILES string of the molecule is C#CCSCCNC(=O)NC1(C(=O)O)CCOC1. The molecule has 0 aromatic heterocycles. The molecular formula is C11H16N2O4S. The molecule has 3 N–H and O–H groups in total. The van der Waals surface area contributed by atoms with Crippen molar-refractivity contribution in [3.05, 3.63) is 0 Å². The normalized spacial score (nSPS) is 22.2. The third-order valence-electron chi connectivity index (χ3n) is 2.50. The number of carbonyl (C=O) groups is 2. The maximum atomic E-state index is 11.6. The van der Waals surface area contributed by atoms with Crippen LogP contribution in [-0.4, -0.2) is 53.9 Å². The summed E-state index contributed by atoms with van der Waals surface area (Å²) in [5, 5.41) is 14.2. The van der Waals surface area contributed by atoms with Crippen molar-refractivity contribution in [1.82, 2.24) is 10.6 Å². The number of nitrogens with one attached hydrogen (secondary N) is 2. The molecule has 6 nitrogen and oxygen atoms in total. The number of aliphatic carboxylic acids is 1. The molecule has 1 saturated heterocycles. The van der Waals surface area contributed by atoms with Gasteiger partial charge in [-0.05, 0) is 0 Å². The smallest absolute Gasteiger partial charge is 0.332 e. The van der Waals surface area contributed by atoms with Gasteiger partial charge in [0.25, 0.3) is 0 Å². The summed E-state index contributed by atoms with van der Waals surface area (Å²) in [6.07, 6.45) is 5.36. The summed E-state index contributed by atoms with van der Waals surface area (Å²) in [5.41, 5.74) is -1.30. The summed E-state index contributed by atoms with van der Waals surface area (Å²) >= 11 is 1.52. The van der Waals surface area contributed by atoms with Crippen molar-refractivity contribution < 1.29 is 19.4 Å². The standard InChI is InChI=1S/C11H16N2O4S/c1-2-6-18-7-4-12-10(16)13-11(9(14)15)3-5-17-8-11/h1H,3-8H2,(H,14,15)(H2,12,13,16). The molecule has 1 heterocycles. The minimum absolute atomic E-state index is 0.00158. The third-order valence-corrected chi connectivity index (χ3v) is 3.36. The second kappa shape index (κ2) is 7.13. The fourth-order valence-corrected chi connectivity index (χ4v) is 2.02. The van der Waals surface area contributed by atoms with Crippen LogP contribution in [0.15, 0.2) is 0 Å². The zero-order valence-corrected chi connectivity index (χ0v) is 10.7. The van der Waals surface area contributed by atoms with E-state index in [1.807, 2.05) is 0 Å². The Morgan fingerprint density at radius 3 is 2.89 bits per heavy atom. The van der Waals surface area contributed by atoms with Gasteiger partial charge in [0.15, 0.2) is 5.54 Å². The largest absolute Gasteiger partial charge is 0.479 e. The molecule has 0 aromatic rings. The zero-order valence-electron chi connectivity index (χ0n) is 9.90. The van der Waals surface area contributed by atoms with Gasteiger partial charge in [-0.1, -0.05) is 5.92 Å². The first kappa shape index (κ1) is 14.7. The molecule has 0 bridgehead atoms. The van der Waals surface area contributed by atoms with Crippen LogP contribution in [0.2, 0.25) is 0 Å². The van der Waals surface area contributed by atoms with Crippen LogP contribution in [0, 0.1) is 12.3 Å². The highest BCUT2D eigenvalue weighted by atomic mass is 32.2. The lowest BCUT2D eigenvalue weighted by Crippen LogP contribution is -2.57. The van der Waals surface area contributed by atoms with E-state index in [-0.39, 0.29) is 13.0 Å². The van der Waals surface area contributed by atoms with Crippen molar-refractivity contribution in [3.63, 3.8) is 0 Å². The van der Waals surface area contributed by atoms with E-state index in [1.165, 1.54) is 11.8 Å². The summed E-state index contributed by atoms with van der Waals surface area (Å²) in [6.45, 7) is 0.779. The minimum Gasteiger partial charge on any atom is -0.479 e. The molecule has 0 spiro atoms. The van der Waals surface area contributed by atoms with Crippen molar-refractivity contribution >= 4 is 23.8 Å². The highest BCUT2D eigenvalue weighted by Gasteiger charge is 2.43. The number of terminal acetylenes is 1. The summed E-state index contributed by atoms with van der Waals surface area (Å²) in [6, 6.07) is -0.496. The molecule has 18 heavy (non-hydrogen) atoms. The predicted molar refractivity (Wildman–Crippen MR) is 68.5 cm³/mol. The Balaban J connectivity index is 2.30. The van der Waals surface area contributed by atoms with Gasteiger partial charge >= 0.3 is 12.0 Å². The van der Waals surface area contributed by atoms with Crippen molar-refractivity contribution in [2.75, 3.05) is 31.3 Å². The van der Waals surface area contributed by atoms with Crippen LogP contribution in [0.25, 0.3) is 0 Å². The Morgan fingerprint density at radius 1 is 1.56 bits per heavy atom. The lowest BCUT2D eigenvalue weighted by Gasteiger charge is -2.23. The number of urea groups is 1. The number of carbonyl (C=O) groups excluding carboxylic acids is 1. The Bertz CT molecular complexity index is 347. The number of carboxylic acids is 1. The van der Waals surface area contributed by atoms with Crippen molar-refractivity contribution in [2.45, 2.75) is 12.0 Å². The lowest BCUT2D eigenvalue weighted by atomic mass is 9.99. The number of hydrogen-bond donors (Lipinski definition) is 3. The Kier molecular flexibility index (Phi) is 5.82. The summed E-state index contributed by atoms with van der Waals surface area (Å²) in [7, 11) is 0. The quantitative estimate of drug-likeness (QED) is 0.464.